The summed E-state index contributed by atoms with van der Waals surface area (Å²) in [5, 5.41) is 13.5. The Labute approximate surface area is 205 Å². The third-order valence-corrected chi connectivity index (χ3v) is 6.26. The van der Waals surface area contributed by atoms with Crippen LogP contribution >= 0.6 is 11.8 Å². The van der Waals surface area contributed by atoms with Crippen LogP contribution < -0.4 is 10.1 Å². The van der Waals surface area contributed by atoms with E-state index in [0.717, 1.165) is 0 Å². The molecule has 1 fully saturated rings. The van der Waals surface area contributed by atoms with Gasteiger partial charge >= 0.3 is 0 Å². The maximum absolute atomic E-state index is 13.3. The first kappa shape index (κ1) is 23.9. The highest BCUT2D eigenvalue weighted by atomic mass is 32.2. The van der Waals surface area contributed by atoms with Gasteiger partial charge in [0.25, 0.3) is 5.69 Å². The van der Waals surface area contributed by atoms with Gasteiger partial charge in [0, 0.05) is 24.8 Å². The van der Waals surface area contributed by atoms with Gasteiger partial charge in [0.05, 0.1) is 35.6 Å². The molecule has 0 radical (unpaired) electrons. The number of methoxy groups -OCH3 is 1. The van der Waals surface area contributed by atoms with Crippen LogP contribution in [0.3, 0.4) is 0 Å². The molecule has 0 spiro atoms. The summed E-state index contributed by atoms with van der Waals surface area (Å²) in [5.74, 6) is -0.470. The van der Waals surface area contributed by atoms with E-state index in [1.54, 1.807) is 12.3 Å². The molecule has 35 heavy (non-hydrogen) atoms. The number of anilines is 1. The number of nitrogens with zero attached hydrogens (tertiary/aromatic N) is 4. The number of benzene rings is 2. The minimum atomic E-state index is -0.717. The van der Waals surface area contributed by atoms with E-state index < -0.39 is 16.1 Å². The smallest absolute Gasteiger partial charge is 0.271 e. The highest BCUT2D eigenvalue weighted by Crippen LogP contribution is 2.34. The zero-order valence-electron chi connectivity index (χ0n) is 18.7. The Kier molecular flexibility index (Phi) is 7.36. The molecule has 178 valence electrons. The second-order valence-electron chi connectivity index (χ2n) is 7.48. The fourth-order valence-electron chi connectivity index (χ4n) is 3.41. The number of rotatable bonds is 8. The molecule has 11 heteroatoms. The third-order valence-electron chi connectivity index (χ3n) is 5.09. The summed E-state index contributed by atoms with van der Waals surface area (Å²) < 4.78 is 5.20. The van der Waals surface area contributed by atoms with E-state index in [-0.39, 0.29) is 36.0 Å². The number of hydrogen-bond donors (Lipinski definition) is 1. The number of carbonyl (C=O) groups excluding carboxylic acids is 2. The van der Waals surface area contributed by atoms with Crippen molar-refractivity contribution in [1.82, 2.24) is 9.88 Å². The van der Waals surface area contributed by atoms with Crippen LogP contribution in [-0.4, -0.2) is 44.1 Å². The van der Waals surface area contributed by atoms with Crippen LogP contribution in [0.15, 0.2) is 77.9 Å². The van der Waals surface area contributed by atoms with Crippen molar-refractivity contribution < 1.29 is 19.2 Å². The van der Waals surface area contributed by atoms with E-state index in [1.807, 2.05) is 42.5 Å². The number of carbonyl (C=O) groups is 2. The van der Waals surface area contributed by atoms with Crippen LogP contribution in [-0.2, 0) is 16.1 Å². The van der Waals surface area contributed by atoms with Crippen molar-refractivity contribution in [3.63, 3.8) is 0 Å². The van der Waals surface area contributed by atoms with E-state index in [1.165, 1.54) is 42.0 Å². The minimum absolute atomic E-state index is 0.151. The average Bonchev–Trinajstić information content (AvgIpc) is 3.13. The molecule has 10 nitrogen and oxygen atoms in total. The lowest BCUT2D eigenvalue weighted by atomic mass is 10.2. The van der Waals surface area contributed by atoms with Gasteiger partial charge in [-0.2, -0.15) is 0 Å². The van der Waals surface area contributed by atoms with Crippen LogP contribution in [0.5, 0.6) is 5.75 Å². The molecule has 1 aliphatic heterocycles. The van der Waals surface area contributed by atoms with Gasteiger partial charge < -0.3 is 10.1 Å². The maximum atomic E-state index is 13.3. The summed E-state index contributed by atoms with van der Waals surface area (Å²) >= 11 is 1.20. The number of nitro groups is 1. The van der Waals surface area contributed by atoms with Crippen molar-refractivity contribution in [2.45, 2.75) is 18.2 Å². The van der Waals surface area contributed by atoms with E-state index in [2.05, 4.69) is 15.3 Å². The first-order valence-corrected chi connectivity index (χ1v) is 11.5. The van der Waals surface area contributed by atoms with E-state index >= 15 is 0 Å². The predicted octanol–water partition coefficient (Wildman–Crippen LogP) is 4.16. The highest BCUT2D eigenvalue weighted by molar-refractivity contribution is 8.15. The summed E-state index contributed by atoms with van der Waals surface area (Å²) in [6.45, 7) is 0.217. The van der Waals surface area contributed by atoms with Crippen LogP contribution in [0.2, 0.25) is 0 Å². The van der Waals surface area contributed by atoms with E-state index in [0.29, 0.717) is 16.5 Å². The number of hydrogen-bond acceptors (Lipinski definition) is 8. The van der Waals surface area contributed by atoms with Crippen LogP contribution in [0, 0.1) is 10.1 Å². The Hall–Kier alpha value is -4.25. The number of thioether (sulfide) groups is 1. The number of aromatic nitrogens is 1. The second kappa shape index (κ2) is 10.8. The summed E-state index contributed by atoms with van der Waals surface area (Å²) in [6, 6.07) is 18.6. The molecule has 2 aromatic carbocycles. The van der Waals surface area contributed by atoms with Gasteiger partial charge in [-0.25, -0.2) is 4.99 Å². The zero-order valence-corrected chi connectivity index (χ0v) is 19.5. The number of para-hydroxylation sites is 1. The molecule has 4 rings (SSSR count). The molecule has 0 aliphatic carbocycles. The van der Waals surface area contributed by atoms with Crippen molar-refractivity contribution in [3.05, 3.63) is 88.7 Å². The molecule has 1 aliphatic rings. The van der Waals surface area contributed by atoms with Crippen LogP contribution in [0.4, 0.5) is 17.1 Å². The molecule has 1 aromatic heterocycles. The molecule has 0 saturated carbocycles. The molecule has 2 amide bonds. The molecule has 1 unspecified atom stereocenters. The van der Waals surface area contributed by atoms with Crippen molar-refractivity contribution in [2.24, 2.45) is 4.99 Å². The Morgan fingerprint density at radius 3 is 2.66 bits per heavy atom. The second-order valence-corrected chi connectivity index (χ2v) is 8.65. The molecular weight excluding hydrogens is 470 g/mol. The fourth-order valence-corrected chi connectivity index (χ4v) is 4.57. The maximum Gasteiger partial charge on any atom is 0.271 e. The Bertz CT molecular complexity index is 1270. The zero-order chi connectivity index (χ0) is 24.8. The molecule has 1 atom stereocenters. The van der Waals surface area contributed by atoms with E-state index in [9.17, 15) is 19.7 Å². The lowest BCUT2D eigenvalue weighted by Gasteiger charge is -2.16. The summed E-state index contributed by atoms with van der Waals surface area (Å²) in [4.78, 5) is 47.1. The average molecular weight is 492 g/mol. The van der Waals surface area contributed by atoms with Crippen molar-refractivity contribution in [1.29, 1.82) is 0 Å². The Balaban J connectivity index is 1.54. The minimum Gasteiger partial charge on any atom is -0.495 e. The van der Waals surface area contributed by atoms with Gasteiger partial charge in [-0.15, -0.1) is 0 Å². The lowest BCUT2D eigenvalue weighted by molar-refractivity contribution is -0.384. The topological polar surface area (TPSA) is 127 Å². The first-order valence-electron chi connectivity index (χ1n) is 10.6. The number of nitrogens with one attached hydrogen (secondary N) is 1. The lowest BCUT2D eigenvalue weighted by Crippen LogP contribution is -2.33. The highest BCUT2D eigenvalue weighted by Gasteiger charge is 2.39. The summed E-state index contributed by atoms with van der Waals surface area (Å²) in [5.41, 5.74) is 1.34. The van der Waals surface area contributed by atoms with Gasteiger partial charge in [-0.1, -0.05) is 36.0 Å². The molecular formula is C24H21N5O5S. The Morgan fingerprint density at radius 2 is 1.97 bits per heavy atom. The SMILES string of the molecule is COc1ccc([N+](=O)[O-])cc1NC(=O)CC1SC(=Nc2ccccc2)N(Cc2ccccn2)C1=O. The third kappa shape index (κ3) is 5.82. The van der Waals surface area contributed by atoms with Gasteiger partial charge in [0.1, 0.15) is 11.0 Å². The summed E-state index contributed by atoms with van der Waals surface area (Å²) in [6.07, 6.45) is 1.50. The number of ether oxygens (including phenoxy) is 1. The van der Waals surface area contributed by atoms with Gasteiger partial charge in [0.15, 0.2) is 5.17 Å². The molecule has 2 heterocycles. The predicted molar refractivity (Wildman–Crippen MR) is 133 cm³/mol. The van der Waals surface area contributed by atoms with Crippen molar-refractivity contribution in [3.8, 4) is 5.75 Å². The first-order chi connectivity index (χ1) is 16.9. The molecule has 0 bridgehead atoms. The number of amides is 2. The normalized spacial score (nSPS) is 16.4. The number of pyridine rings is 1. The van der Waals surface area contributed by atoms with Gasteiger partial charge in [0.2, 0.25) is 11.8 Å². The number of aliphatic imine (C=N–C) groups is 1. The quantitative estimate of drug-likeness (QED) is 0.370. The Morgan fingerprint density at radius 1 is 1.20 bits per heavy atom. The molecule has 1 saturated heterocycles. The van der Waals surface area contributed by atoms with Crippen LogP contribution in [0.25, 0.3) is 0 Å². The van der Waals surface area contributed by atoms with Gasteiger partial charge in [-0.05, 0) is 30.3 Å². The monoisotopic (exact) mass is 491 g/mol. The number of non-ortho nitro benzene ring substituents is 1. The largest absolute Gasteiger partial charge is 0.495 e. The standard InChI is InChI=1S/C24H21N5O5S/c1-34-20-11-10-18(29(32)33)13-19(20)27-22(30)14-21-23(31)28(15-17-9-5-6-12-25-17)24(35-21)26-16-7-3-2-4-8-16/h2-13,21H,14-15H2,1H3,(H,27,30). The number of nitro benzene ring substituents is 1. The van der Waals surface area contributed by atoms with Gasteiger partial charge in [-0.3, -0.25) is 29.6 Å². The molecule has 3 aromatic rings. The number of amidine groups is 1. The summed E-state index contributed by atoms with van der Waals surface area (Å²) in [7, 11) is 1.40. The fraction of sp³-hybridized carbons (Fsp3) is 0.167. The van der Waals surface area contributed by atoms with Crippen LogP contribution in [0.1, 0.15) is 12.1 Å². The molecule has 1 N–H and O–H groups in total. The van der Waals surface area contributed by atoms with E-state index in [4.69, 9.17) is 4.74 Å². The van der Waals surface area contributed by atoms with Crippen molar-refractivity contribution >= 4 is 45.8 Å². The van der Waals surface area contributed by atoms with Crippen molar-refractivity contribution in [2.75, 3.05) is 12.4 Å².